The highest BCUT2D eigenvalue weighted by Gasteiger charge is 2.18. The van der Waals surface area contributed by atoms with E-state index in [1.807, 2.05) is 12.1 Å². The molecule has 0 spiro atoms. The van der Waals surface area contributed by atoms with E-state index in [1.165, 1.54) is 0 Å². The topological polar surface area (TPSA) is 111 Å². The van der Waals surface area contributed by atoms with Gasteiger partial charge in [0.05, 0.1) is 6.61 Å². The summed E-state index contributed by atoms with van der Waals surface area (Å²) < 4.78 is 0. The number of carboxylic acids is 1. The number of anilines is 1. The van der Waals surface area contributed by atoms with Gasteiger partial charge in [0.25, 0.3) is 0 Å². The second kappa shape index (κ2) is 7.34. The minimum atomic E-state index is -1.32. The van der Waals surface area contributed by atoms with Crippen LogP contribution in [0.25, 0.3) is 0 Å². The highest BCUT2D eigenvalue weighted by Crippen LogP contribution is 2.14. The molecule has 1 rings (SSSR count). The van der Waals surface area contributed by atoms with E-state index in [0.29, 0.717) is 12.2 Å². The molecular formula is C12H17N3O4. The fourth-order valence-electron chi connectivity index (χ4n) is 1.49. The Morgan fingerprint density at radius 3 is 2.58 bits per heavy atom. The molecule has 0 aromatic heterocycles. The van der Waals surface area contributed by atoms with Crippen LogP contribution in [0.2, 0.25) is 0 Å². The number of aliphatic hydroxyl groups excluding tert-OH is 1. The molecule has 19 heavy (non-hydrogen) atoms. The number of hydrogen-bond donors (Lipinski definition) is 5. The quantitative estimate of drug-likeness (QED) is 0.497. The number of aliphatic carboxylic acids is 1. The lowest BCUT2D eigenvalue weighted by Gasteiger charge is -2.14. The van der Waals surface area contributed by atoms with Crippen molar-refractivity contribution >= 4 is 17.7 Å². The van der Waals surface area contributed by atoms with Gasteiger partial charge in [-0.15, -0.1) is 0 Å². The van der Waals surface area contributed by atoms with Crippen LogP contribution in [0.4, 0.5) is 10.5 Å². The molecule has 0 unspecified atom stereocenters. The molecule has 1 aromatic rings. The fraction of sp³-hybridized carbons (Fsp3) is 0.333. The van der Waals surface area contributed by atoms with Crippen LogP contribution in [0.15, 0.2) is 24.3 Å². The molecule has 0 aliphatic heterocycles. The largest absolute Gasteiger partial charge is 0.480 e. The van der Waals surface area contributed by atoms with Gasteiger partial charge in [0.2, 0.25) is 0 Å². The summed E-state index contributed by atoms with van der Waals surface area (Å²) in [6.45, 7) is -0.0975. The normalized spacial score (nSPS) is 11.7. The first kappa shape index (κ1) is 14.9. The van der Waals surface area contributed by atoms with E-state index in [1.54, 1.807) is 19.2 Å². The molecule has 0 fully saturated rings. The third kappa shape index (κ3) is 4.57. The monoisotopic (exact) mass is 267 g/mol. The van der Waals surface area contributed by atoms with Gasteiger partial charge in [-0.25, -0.2) is 9.59 Å². The SMILES string of the molecule is CNCc1ccccc1NC(=O)N[C@@H](CO)C(=O)O. The number of amides is 2. The molecule has 7 heteroatoms. The molecule has 0 aliphatic carbocycles. The Kier molecular flexibility index (Phi) is 5.77. The van der Waals surface area contributed by atoms with Gasteiger partial charge >= 0.3 is 12.0 Å². The third-order valence-electron chi connectivity index (χ3n) is 2.42. The van der Waals surface area contributed by atoms with Crippen molar-refractivity contribution in [1.29, 1.82) is 0 Å². The number of para-hydroxylation sites is 1. The summed E-state index contributed by atoms with van der Waals surface area (Å²) in [4.78, 5) is 22.3. The number of aliphatic hydroxyl groups is 1. The summed E-state index contributed by atoms with van der Waals surface area (Å²) in [7, 11) is 1.78. The van der Waals surface area contributed by atoms with Crippen LogP contribution in [0, 0.1) is 0 Å². The van der Waals surface area contributed by atoms with Crippen LogP contribution < -0.4 is 16.0 Å². The average Bonchev–Trinajstić information content (AvgIpc) is 2.38. The van der Waals surface area contributed by atoms with Gasteiger partial charge in [0, 0.05) is 12.2 Å². The molecule has 0 heterocycles. The Labute approximate surface area is 110 Å². The van der Waals surface area contributed by atoms with E-state index in [9.17, 15) is 9.59 Å². The number of carbonyl (C=O) groups excluding carboxylic acids is 1. The number of rotatable bonds is 6. The number of carboxylic acid groups (broad SMARTS) is 1. The maximum absolute atomic E-state index is 11.6. The first-order valence-corrected chi connectivity index (χ1v) is 5.72. The summed E-state index contributed by atoms with van der Waals surface area (Å²) in [6.07, 6.45) is 0. The smallest absolute Gasteiger partial charge is 0.328 e. The van der Waals surface area contributed by atoms with Gasteiger partial charge in [0.15, 0.2) is 6.04 Å². The van der Waals surface area contributed by atoms with E-state index in [0.717, 1.165) is 5.56 Å². The van der Waals surface area contributed by atoms with Crippen molar-refractivity contribution in [3.63, 3.8) is 0 Å². The van der Waals surface area contributed by atoms with Gasteiger partial charge in [-0.3, -0.25) is 0 Å². The molecule has 5 N–H and O–H groups in total. The lowest BCUT2D eigenvalue weighted by Crippen LogP contribution is -2.45. The standard InChI is InChI=1S/C12H17N3O4/c1-13-6-8-4-2-3-5-9(8)14-12(19)15-10(7-16)11(17)18/h2-5,10,13,16H,6-7H2,1H3,(H,17,18)(H2,14,15,19)/t10-/m0/s1. The minimum absolute atomic E-state index is 0.568. The van der Waals surface area contributed by atoms with Crippen molar-refractivity contribution in [3.8, 4) is 0 Å². The summed E-state index contributed by atoms with van der Waals surface area (Å²) >= 11 is 0. The lowest BCUT2D eigenvalue weighted by molar-refractivity contribution is -0.140. The molecule has 0 bridgehead atoms. The van der Waals surface area contributed by atoms with Crippen molar-refractivity contribution in [2.75, 3.05) is 19.0 Å². The van der Waals surface area contributed by atoms with Gasteiger partial charge in [-0.05, 0) is 18.7 Å². The van der Waals surface area contributed by atoms with E-state index in [2.05, 4.69) is 16.0 Å². The number of nitrogens with one attached hydrogen (secondary N) is 3. The Balaban J connectivity index is 2.69. The van der Waals surface area contributed by atoms with Crippen LogP contribution in [-0.2, 0) is 11.3 Å². The van der Waals surface area contributed by atoms with Crippen LogP contribution in [0.1, 0.15) is 5.56 Å². The maximum Gasteiger partial charge on any atom is 0.328 e. The lowest BCUT2D eigenvalue weighted by atomic mass is 10.2. The molecule has 1 aromatic carbocycles. The highest BCUT2D eigenvalue weighted by atomic mass is 16.4. The van der Waals surface area contributed by atoms with Crippen molar-refractivity contribution < 1.29 is 19.8 Å². The van der Waals surface area contributed by atoms with E-state index in [4.69, 9.17) is 10.2 Å². The van der Waals surface area contributed by atoms with Crippen LogP contribution in [0.3, 0.4) is 0 Å². The first-order chi connectivity index (χ1) is 9.08. The number of carbonyl (C=O) groups is 2. The minimum Gasteiger partial charge on any atom is -0.480 e. The summed E-state index contributed by atoms with van der Waals surface area (Å²) in [5.41, 5.74) is 1.45. The van der Waals surface area contributed by atoms with E-state index >= 15 is 0 Å². The third-order valence-corrected chi connectivity index (χ3v) is 2.42. The van der Waals surface area contributed by atoms with Crippen LogP contribution in [0.5, 0.6) is 0 Å². The van der Waals surface area contributed by atoms with E-state index < -0.39 is 24.6 Å². The second-order valence-electron chi connectivity index (χ2n) is 3.86. The number of urea groups is 1. The molecule has 7 nitrogen and oxygen atoms in total. The molecule has 2 amide bonds. The summed E-state index contributed by atoms with van der Waals surface area (Å²) in [5, 5.41) is 25.2. The molecular weight excluding hydrogens is 250 g/mol. The Morgan fingerprint density at radius 2 is 2.00 bits per heavy atom. The fourth-order valence-corrected chi connectivity index (χ4v) is 1.49. The number of hydrogen-bond acceptors (Lipinski definition) is 4. The molecule has 1 atom stereocenters. The van der Waals surface area contributed by atoms with Gasteiger partial charge in [0.1, 0.15) is 0 Å². The predicted molar refractivity (Wildman–Crippen MR) is 69.9 cm³/mol. The first-order valence-electron chi connectivity index (χ1n) is 5.72. The van der Waals surface area contributed by atoms with Crippen molar-refractivity contribution in [3.05, 3.63) is 29.8 Å². The molecule has 0 aliphatic rings. The predicted octanol–water partition coefficient (Wildman–Crippen LogP) is -0.0270. The highest BCUT2D eigenvalue weighted by molar-refractivity contribution is 5.92. The van der Waals surface area contributed by atoms with Gasteiger partial charge in [-0.2, -0.15) is 0 Å². The number of benzene rings is 1. The van der Waals surface area contributed by atoms with E-state index in [-0.39, 0.29) is 0 Å². The van der Waals surface area contributed by atoms with Crippen LogP contribution in [-0.4, -0.2) is 41.9 Å². The molecule has 104 valence electrons. The Morgan fingerprint density at radius 1 is 1.32 bits per heavy atom. The maximum atomic E-state index is 11.6. The second-order valence-corrected chi connectivity index (χ2v) is 3.86. The molecule has 0 saturated heterocycles. The van der Waals surface area contributed by atoms with Gasteiger partial charge < -0.3 is 26.2 Å². The van der Waals surface area contributed by atoms with Gasteiger partial charge in [-0.1, -0.05) is 18.2 Å². The van der Waals surface area contributed by atoms with Crippen LogP contribution >= 0.6 is 0 Å². The van der Waals surface area contributed by atoms with Crippen molar-refractivity contribution in [2.45, 2.75) is 12.6 Å². The summed E-state index contributed by atoms with van der Waals surface area (Å²) in [5.74, 6) is -1.29. The molecule has 0 saturated carbocycles. The molecule has 0 radical (unpaired) electrons. The average molecular weight is 267 g/mol. The van der Waals surface area contributed by atoms with Crippen molar-refractivity contribution in [1.82, 2.24) is 10.6 Å². The Bertz CT molecular complexity index is 450. The summed E-state index contributed by atoms with van der Waals surface area (Å²) in [6, 6.07) is 5.15. The zero-order chi connectivity index (χ0) is 14.3. The Hall–Kier alpha value is -2.12. The zero-order valence-electron chi connectivity index (χ0n) is 10.5. The zero-order valence-corrected chi connectivity index (χ0v) is 10.5. The van der Waals surface area contributed by atoms with Crippen molar-refractivity contribution in [2.24, 2.45) is 0 Å².